The molecule has 1 heterocycles. The third kappa shape index (κ3) is 2.10. The van der Waals surface area contributed by atoms with Crippen LogP contribution in [0.1, 0.15) is 21.5 Å². The molecule has 0 aliphatic carbocycles. The van der Waals surface area contributed by atoms with Gasteiger partial charge in [-0.3, -0.25) is 4.79 Å². The van der Waals surface area contributed by atoms with Gasteiger partial charge >= 0.3 is 0 Å². The number of nitrogens with zero attached hydrogens (tertiary/aromatic N) is 1. The highest BCUT2D eigenvalue weighted by atomic mass is 79.9. The van der Waals surface area contributed by atoms with Crippen molar-refractivity contribution in [3.05, 3.63) is 57.6 Å². The number of carbonyl (C=O) groups is 1. The van der Waals surface area contributed by atoms with E-state index in [4.69, 9.17) is 5.73 Å². The van der Waals surface area contributed by atoms with Crippen molar-refractivity contribution >= 4 is 33.2 Å². The number of anilines is 2. The van der Waals surface area contributed by atoms with Gasteiger partial charge in [-0.15, -0.1) is 0 Å². The van der Waals surface area contributed by atoms with Crippen molar-refractivity contribution in [3.63, 3.8) is 0 Å². The van der Waals surface area contributed by atoms with E-state index < -0.39 is 0 Å². The summed E-state index contributed by atoms with van der Waals surface area (Å²) in [5.41, 5.74) is 10.4. The van der Waals surface area contributed by atoms with E-state index in [9.17, 15) is 4.79 Å². The van der Waals surface area contributed by atoms with E-state index in [1.807, 2.05) is 48.2 Å². The molecule has 2 N–H and O–H groups in total. The van der Waals surface area contributed by atoms with E-state index in [2.05, 4.69) is 15.9 Å². The molecule has 0 bridgehead atoms. The van der Waals surface area contributed by atoms with Gasteiger partial charge in [0.15, 0.2) is 0 Å². The topological polar surface area (TPSA) is 46.3 Å². The molecule has 1 aliphatic heterocycles. The van der Waals surface area contributed by atoms with Crippen LogP contribution in [0.2, 0.25) is 0 Å². The smallest absolute Gasteiger partial charge is 0.258 e. The van der Waals surface area contributed by atoms with Crippen molar-refractivity contribution in [3.8, 4) is 0 Å². The molecule has 0 radical (unpaired) electrons. The van der Waals surface area contributed by atoms with Gasteiger partial charge in [0.1, 0.15) is 0 Å². The summed E-state index contributed by atoms with van der Waals surface area (Å²) >= 11 is 3.48. The third-order valence-corrected chi connectivity index (χ3v) is 4.60. The molecule has 0 aromatic heterocycles. The highest BCUT2D eigenvalue weighted by Gasteiger charge is 2.26. The van der Waals surface area contributed by atoms with Crippen molar-refractivity contribution in [2.45, 2.75) is 13.3 Å². The first-order chi connectivity index (χ1) is 9.58. The van der Waals surface area contributed by atoms with Crippen LogP contribution in [0.15, 0.2) is 40.9 Å². The molecule has 0 unspecified atom stereocenters. The molecule has 1 amide bonds. The van der Waals surface area contributed by atoms with Crippen LogP contribution in [0.5, 0.6) is 0 Å². The second kappa shape index (κ2) is 4.94. The van der Waals surface area contributed by atoms with Crippen LogP contribution in [0.25, 0.3) is 0 Å². The molecule has 1 aliphatic rings. The number of fused-ring (bicyclic) bond motifs is 1. The Hall–Kier alpha value is -1.81. The maximum Gasteiger partial charge on any atom is 0.258 e. The van der Waals surface area contributed by atoms with E-state index in [1.54, 1.807) is 0 Å². The van der Waals surface area contributed by atoms with Gasteiger partial charge in [0.05, 0.1) is 0 Å². The fourth-order valence-electron chi connectivity index (χ4n) is 2.62. The maximum atomic E-state index is 12.7. The van der Waals surface area contributed by atoms with Gasteiger partial charge in [0.25, 0.3) is 5.91 Å². The molecular formula is C16H15BrN2O. The number of rotatable bonds is 1. The van der Waals surface area contributed by atoms with Gasteiger partial charge < -0.3 is 10.6 Å². The van der Waals surface area contributed by atoms with Gasteiger partial charge in [0, 0.05) is 28.0 Å². The lowest BCUT2D eigenvalue weighted by Gasteiger charge is -2.19. The molecule has 0 saturated carbocycles. The predicted octanol–water partition coefficient (Wildman–Crippen LogP) is 3.54. The van der Waals surface area contributed by atoms with Crippen molar-refractivity contribution in [2.75, 3.05) is 17.2 Å². The predicted molar refractivity (Wildman–Crippen MR) is 85.1 cm³/mol. The zero-order valence-corrected chi connectivity index (χ0v) is 12.8. The minimum atomic E-state index is 0.0484. The Kier molecular flexibility index (Phi) is 3.26. The molecule has 20 heavy (non-hydrogen) atoms. The lowest BCUT2D eigenvalue weighted by atomic mass is 10.1. The van der Waals surface area contributed by atoms with Crippen LogP contribution in [-0.2, 0) is 6.42 Å². The van der Waals surface area contributed by atoms with Crippen molar-refractivity contribution in [2.24, 2.45) is 0 Å². The fourth-order valence-corrected chi connectivity index (χ4v) is 2.98. The fraction of sp³-hybridized carbons (Fsp3) is 0.188. The van der Waals surface area contributed by atoms with Gasteiger partial charge in [-0.2, -0.15) is 0 Å². The Morgan fingerprint density at radius 1 is 1.30 bits per heavy atom. The van der Waals surface area contributed by atoms with Crippen molar-refractivity contribution in [1.29, 1.82) is 0 Å². The number of hydrogen-bond donors (Lipinski definition) is 1. The molecule has 0 saturated heterocycles. The van der Waals surface area contributed by atoms with Crippen LogP contribution >= 0.6 is 15.9 Å². The first-order valence-corrected chi connectivity index (χ1v) is 7.32. The summed E-state index contributed by atoms with van der Waals surface area (Å²) in [4.78, 5) is 14.6. The zero-order valence-electron chi connectivity index (χ0n) is 11.2. The molecule has 4 heteroatoms. The van der Waals surface area contributed by atoms with Crippen LogP contribution in [0.4, 0.5) is 11.4 Å². The van der Waals surface area contributed by atoms with Gasteiger partial charge in [-0.05, 0) is 54.8 Å². The zero-order chi connectivity index (χ0) is 14.3. The Morgan fingerprint density at radius 3 is 2.90 bits per heavy atom. The van der Waals surface area contributed by atoms with Crippen LogP contribution in [-0.4, -0.2) is 12.5 Å². The minimum absolute atomic E-state index is 0.0484. The number of carbonyl (C=O) groups excluding carboxylic acids is 1. The lowest BCUT2D eigenvalue weighted by molar-refractivity contribution is 0.0988. The largest absolute Gasteiger partial charge is 0.399 e. The van der Waals surface area contributed by atoms with Crippen LogP contribution in [0.3, 0.4) is 0 Å². The summed E-state index contributed by atoms with van der Waals surface area (Å²) in [6.07, 6.45) is 0.860. The molecular weight excluding hydrogens is 316 g/mol. The number of hydrogen-bond acceptors (Lipinski definition) is 2. The SMILES string of the molecule is Cc1c(Br)cccc1C(=O)N1CCc2cc(N)ccc21. The van der Waals surface area contributed by atoms with Crippen molar-refractivity contribution < 1.29 is 4.79 Å². The average molecular weight is 331 g/mol. The Labute approximate surface area is 126 Å². The van der Waals surface area contributed by atoms with Crippen LogP contribution in [0, 0.1) is 6.92 Å². The Morgan fingerprint density at radius 2 is 2.10 bits per heavy atom. The molecule has 0 atom stereocenters. The Balaban J connectivity index is 2.00. The van der Waals surface area contributed by atoms with E-state index in [-0.39, 0.29) is 5.91 Å². The number of halogens is 1. The number of nitrogen functional groups attached to an aromatic ring is 1. The molecule has 3 rings (SSSR count). The minimum Gasteiger partial charge on any atom is -0.399 e. The first-order valence-electron chi connectivity index (χ1n) is 6.53. The summed E-state index contributed by atoms with van der Waals surface area (Å²) in [5.74, 6) is 0.0484. The summed E-state index contributed by atoms with van der Waals surface area (Å²) in [6.45, 7) is 2.67. The maximum absolute atomic E-state index is 12.7. The Bertz CT molecular complexity index is 697. The highest BCUT2D eigenvalue weighted by molar-refractivity contribution is 9.10. The summed E-state index contributed by atoms with van der Waals surface area (Å²) in [7, 11) is 0. The quantitative estimate of drug-likeness (QED) is 0.813. The second-order valence-electron chi connectivity index (χ2n) is 5.01. The third-order valence-electron chi connectivity index (χ3n) is 3.74. The first kappa shape index (κ1) is 13.2. The van der Waals surface area contributed by atoms with E-state index in [0.717, 1.165) is 39.0 Å². The van der Waals surface area contributed by atoms with E-state index >= 15 is 0 Å². The summed E-state index contributed by atoms with van der Waals surface area (Å²) in [6, 6.07) is 11.4. The number of benzene rings is 2. The van der Waals surface area contributed by atoms with E-state index in [0.29, 0.717) is 6.54 Å². The van der Waals surface area contributed by atoms with Gasteiger partial charge in [-0.1, -0.05) is 22.0 Å². The van der Waals surface area contributed by atoms with Crippen LogP contribution < -0.4 is 10.6 Å². The normalized spacial score (nSPS) is 13.4. The van der Waals surface area contributed by atoms with E-state index in [1.165, 1.54) is 0 Å². The molecule has 2 aromatic rings. The lowest BCUT2D eigenvalue weighted by Crippen LogP contribution is -2.29. The molecule has 102 valence electrons. The average Bonchev–Trinajstić information content (AvgIpc) is 2.84. The number of amides is 1. The monoisotopic (exact) mass is 330 g/mol. The summed E-state index contributed by atoms with van der Waals surface area (Å²) < 4.78 is 0.958. The molecule has 2 aromatic carbocycles. The van der Waals surface area contributed by atoms with Gasteiger partial charge in [0.2, 0.25) is 0 Å². The number of nitrogens with two attached hydrogens (primary N) is 1. The van der Waals surface area contributed by atoms with Crippen molar-refractivity contribution in [1.82, 2.24) is 0 Å². The van der Waals surface area contributed by atoms with Gasteiger partial charge in [-0.25, -0.2) is 0 Å². The highest BCUT2D eigenvalue weighted by Crippen LogP contribution is 2.32. The molecule has 0 spiro atoms. The standard InChI is InChI=1S/C16H15BrN2O/c1-10-13(3-2-4-14(10)17)16(20)19-8-7-11-9-12(18)5-6-15(11)19/h2-6,9H,7-8,18H2,1H3. The molecule has 3 nitrogen and oxygen atoms in total. The molecule has 0 fully saturated rings. The second-order valence-corrected chi connectivity index (χ2v) is 5.86. The summed E-state index contributed by atoms with van der Waals surface area (Å²) in [5, 5.41) is 0.